The molecule has 0 fully saturated rings. The monoisotopic (exact) mass is 452 g/mol. The van der Waals surface area contributed by atoms with Gasteiger partial charge in [0.25, 0.3) is 0 Å². The molecule has 0 amide bonds. The molecule has 0 radical (unpaired) electrons. The molecule has 5 aromatic carbocycles. The molecule has 160 valence electrons. The van der Waals surface area contributed by atoms with Crippen LogP contribution in [0.4, 0.5) is 0 Å². The molecule has 7 aromatic rings. The van der Waals surface area contributed by atoms with Gasteiger partial charge in [0.05, 0.1) is 21.3 Å². The second-order valence-electron chi connectivity index (χ2n) is 8.51. The molecule has 0 N–H and O–H groups in total. The van der Waals surface area contributed by atoms with Crippen molar-refractivity contribution < 1.29 is 0 Å². The van der Waals surface area contributed by atoms with Gasteiger partial charge in [-0.15, -0.1) is 0 Å². The highest BCUT2D eigenvalue weighted by atomic mass is 32.1. The van der Waals surface area contributed by atoms with Crippen LogP contribution in [-0.2, 0) is 0 Å². The van der Waals surface area contributed by atoms with Crippen molar-refractivity contribution in [3.63, 3.8) is 0 Å². The molecule has 0 aliphatic heterocycles. The summed E-state index contributed by atoms with van der Waals surface area (Å²) in [6.07, 6.45) is 0. The minimum Gasteiger partial charge on any atom is -0.283 e. The summed E-state index contributed by atoms with van der Waals surface area (Å²) in [6.45, 7) is 0. The predicted octanol–water partition coefficient (Wildman–Crippen LogP) is 8.70. The average Bonchev–Trinajstić information content (AvgIpc) is 3.45. The van der Waals surface area contributed by atoms with Gasteiger partial charge in [0.1, 0.15) is 0 Å². The standard InChI is InChI=1S/C31H20N2S/c1-3-10-21(11-4-1)23-18-24(22-12-5-2-6-13-22)20-25(19-23)26-14-9-17-29-30(26)34-31-32-27-15-7-8-16-28(27)33(29)31/h1-20H. The zero-order valence-corrected chi connectivity index (χ0v) is 19.2. The Kier molecular flexibility index (Phi) is 4.36. The van der Waals surface area contributed by atoms with E-state index >= 15 is 0 Å². The first-order chi connectivity index (χ1) is 16.8. The van der Waals surface area contributed by atoms with Gasteiger partial charge in [-0.2, -0.15) is 0 Å². The summed E-state index contributed by atoms with van der Waals surface area (Å²) in [5.74, 6) is 0. The molecular weight excluding hydrogens is 432 g/mol. The van der Waals surface area contributed by atoms with Crippen molar-refractivity contribution in [2.45, 2.75) is 0 Å². The van der Waals surface area contributed by atoms with Crippen molar-refractivity contribution in [1.82, 2.24) is 9.38 Å². The van der Waals surface area contributed by atoms with Crippen molar-refractivity contribution in [3.05, 3.63) is 121 Å². The summed E-state index contributed by atoms with van der Waals surface area (Å²) >= 11 is 1.76. The quantitative estimate of drug-likeness (QED) is 0.262. The number of fused-ring (bicyclic) bond motifs is 5. The fourth-order valence-electron chi connectivity index (χ4n) is 4.81. The molecular formula is C31H20N2S. The third-order valence-electron chi connectivity index (χ3n) is 6.42. The first-order valence-electron chi connectivity index (χ1n) is 11.4. The molecule has 2 heterocycles. The van der Waals surface area contributed by atoms with Crippen molar-refractivity contribution in [1.29, 1.82) is 0 Å². The van der Waals surface area contributed by atoms with E-state index < -0.39 is 0 Å². The largest absolute Gasteiger partial charge is 0.283 e. The van der Waals surface area contributed by atoms with Gasteiger partial charge in [0, 0.05) is 5.56 Å². The lowest BCUT2D eigenvalue weighted by Gasteiger charge is -2.12. The van der Waals surface area contributed by atoms with E-state index in [1.54, 1.807) is 11.3 Å². The number of para-hydroxylation sites is 2. The summed E-state index contributed by atoms with van der Waals surface area (Å²) in [6, 6.07) is 43.2. The molecule has 0 spiro atoms. The molecule has 34 heavy (non-hydrogen) atoms. The van der Waals surface area contributed by atoms with Crippen molar-refractivity contribution in [3.8, 4) is 33.4 Å². The Labute approximate surface area is 201 Å². The van der Waals surface area contributed by atoms with Gasteiger partial charge in [-0.05, 0) is 64.2 Å². The zero-order chi connectivity index (χ0) is 22.5. The van der Waals surface area contributed by atoms with Crippen LogP contribution in [0.2, 0.25) is 0 Å². The van der Waals surface area contributed by atoms with Crippen LogP contribution in [0.1, 0.15) is 0 Å². The Hall–Kier alpha value is -4.21. The second kappa shape index (κ2) is 7.68. The van der Waals surface area contributed by atoms with Gasteiger partial charge in [0.2, 0.25) is 0 Å². The van der Waals surface area contributed by atoms with E-state index in [9.17, 15) is 0 Å². The molecule has 0 aliphatic rings. The summed E-state index contributed by atoms with van der Waals surface area (Å²) in [4.78, 5) is 5.93. The molecule has 0 atom stereocenters. The van der Waals surface area contributed by atoms with Crippen LogP contribution in [0.5, 0.6) is 0 Å². The Morgan fingerprint density at radius 2 is 1.09 bits per heavy atom. The normalized spacial score (nSPS) is 11.5. The zero-order valence-electron chi connectivity index (χ0n) is 18.3. The van der Waals surface area contributed by atoms with Gasteiger partial charge in [-0.25, -0.2) is 4.98 Å². The third-order valence-corrected chi connectivity index (χ3v) is 7.51. The molecule has 0 saturated carbocycles. The lowest BCUT2D eigenvalue weighted by molar-refractivity contribution is 1.35. The molecule has 0 aliphatic carbocycles. The molecule has 0 bridgehead atoms. The highest BCUT2D eigenvalue weighted by Gasteiger charge is 2.15. The number of benzene rings is 5. The Morgan fingerprint density at radius 1 is 0.500 bits per heavy atom. The number of nitrogens with zero attached hydrogens (tertiary/aromatic N) is 2. The van der Waals surface area contributed by atoms with Crippen LogP contribution in [0.3, 0.4) is 0 Å². The number of thiazole rings is 1. The Bertz CT molecular complexity index is 1740. The van der Waals surface area contributed by atoms with Crippen LogP contribution in [0.15, 0.2) is 121 Å². The topological polar surface area (TPSA) is 17.3 Å². The van der Waals surface area contributed by atoms with E-state index in [0.717, 1.165) is 16.0 Å². The lowest BCUT2D eigenvalue weighted by Crippen LogP contribution is -1.87. The van der Waals surface area contributed by atoms with E-state index in [-0.39, 0.29) is 0 Å². The molecule has 2 nitrogen and oxygen atoms in total. The number of hydrogen-bond donors (Lipinski definition) is 0. The van der Waals surface area contributed by atoms with E-state index in [0.29, 0.717) is 0 Å². The fourth-order valence-corrected chi connectivity index (χ4v) is 5.98. The SMILES string of the molecule is c1ccc(-c2cc(-c3ccccc3)cc(-c3cccc4c3sc3nc5ccccc5n34)c2)cc1. The smallest absolute Gasteiger partial charge is 0.195 e. The number of aromatic nitrogens is 2. The summed E-state index contributed by atoms with van der Waals surface area (Å²) < 4.78 is 3.55. The molecule has 3 heteroatoms. The highest BCUT2D eigenvalue weighted by Crippen LogP contribution is 2.40. The van der Waals surface area contributed by atoms with Crippen LogP contribution >= 0.6 is 11.3 Å². The number of imidazole rings is 1. The van der Waals surface area contributed by atoms with Gasteiger partial charge >= 0.3 is 0 Å². The minimum atomic E-state index is 1.03. The van der Waals surface area contributed by atoms with E-state index in [4.69, 9.17) is 4.98 Å². The van der Waals surface area contributed by atoms with Gasteiger partial charge < -0.3 is 0 Å². The Morgan fingerprint density at radius 3 is 1.79 bits per heavy atom. The van der Waals surface area contributed by atoms with E-state index in [2.05, 4.69) is 120 Å². The molecule has 0 unspecified atom stereocenters. The maximum absolute atomic E-state index is 4.90. The molecule has 2 aromatic heterocycles. The van der Waals surface area contributed by atoms with Gasteiger partial charge in [0.15, 0.2) is 4.96 Å². The van der Waals surface area contributed by atoms with Crippen LogP contribution in [0, 0.1) is 0 Å². The number of hydrogen-bond acceptors (Lipinski definition) is 2. The summed E-state index contributed by atoms with van der Waals surface area (Å²) in [5.41, 5.74) is 10.8. The Balaban J connectivity index is 1.51. The van der Waals surface area contributed by atoms with E-state index in [1.165, 1.54) is 43.6 Å². The van der Waals surface area contributed by atoms with Gasteiger partial charge in [-0.3, -0.25) is 4.40 Å². The summed E-state index contributed by atoms with van der Waals surface area (Å²) in [7, 11) is 0. The third kappa shape index (κ3) is 3.06. The van der Waals surface area contributed by atoms with Crippen molar-refractivity contribution >= 4 is 37.5 Å². The average molecular weight is 453 g/mol. The van der Waals surface area contributed by atoms with E-state index in [1.807, 2.05) is 6.07 Å². The number of rotatable bonds is 3. The van der Waals surface area contributed by atoms with Gasteiger partial charge in [-0.1, -0.05) is 96.3 Å². The maximum Gasteiger partial charge on any atom is 0.195 e. The summed E-state index contributed by atoms with van der Waals surface area (Å²) in [5, 5.41) is 0. The highest BCUT2D eigenvalue weighted by molar-refractivity contribution is 7.24. The predicted molar refractivity (Wildman–Crippen MR) is 144 cm³/mol. The van der Waals surface area contributed by atoms with Crippen LogP contribution in [0.25, 0.3) is 59.6 Å². The minimum absolute atomic E-state index is 1.03. The first kappa shape index (κ1) is 19.3. The van der Waals surface area contributed by atoms with Crippen LogP contribution in [-0.4, -0.2) is 9.38 Å². The van der Waals surface area contributed by atoms with Crippen LogP contribution < -0.4 is 0 Å². The fraction of sp³-hybridized carbons (Fsp3) is 0. The van der Waals surface area contributed by atoms with Crippen molar-refractivity contribution in [2.75, 3.05) is 0 Å². The maximum atomic E-state index is 4.90. The molecule has 0 saturated heterocycles. The first-order valence-corrected chi connectivity index (χ1v) is 12.2. The van der Waals surface area contributed by atoms with Crippen molar-refractivity contribution in [2.24, 2.45) is 0 Å². The lowest BCUT2D eigenvalue weighted by atomic mass is 9.93. The molecule has 7 rings (SSSR count). The second-order valence-corrected chi connectivity index (χ2v) is 9.48.